The summed E-state index contributed by atoms with van der Waals surface area (Å²) < 4.78 is 4.86. The summed E-state index contributed by atoms with van der Waals surface area (Å²) in [6.07, 6.45) is 1.17. The summed E-state index contributed by atoms with van der Waals surface area (Å²) in [5, 5.41) is 0. The number of esters is 1. The number of nitrogens with zero attached hydrogens (tertiary/aromatic N) is 1. The molecule has 0 aromatic heterocycles. The quantitative estimate of drug-likeness (QED) is 0.738. The van der Waals surface area contributed by atoms with Crippen molar-refractivity contribution in [2.45, 2.75) is 19.8 Å². The van der Waals surface area contributed by atoms with Gasteiger partial charge in [-0.3, -0.25) is 9.59 Å². The minimum absolute atomic E-state index is 0.0163. The van der Waals surface area contributed by atoms with E-state index in [2.05, 4.69) is 6.07 Å². The molecule has 4 nitrogen and oxygen atoms in total. The zero-order valence-corrected chi connectivity index (χ0v) is 9.73. The van der Waals surface area contributed by atoms with Crippen LogP contribution in [0.2, 0.25) is 0 Å². The lowest BCUT2D eigenvalue weighted by atomic mass is 10.0. The van der Waals surface area contributed by atoms with Crippen LogP contribution in [0.25, 0.3) is 0 Å². The Bertz CT molecular complexity index is 442. The first-order valence-corrected chi connectivity index (χ1v) is 5.67. The molecule has 0 saturated heterocycles. The number of hydrogen-bond acceptors (Lipinski definition) is 3. The van der Waals surface area contributed by atoms with Crippen LogP contribution in [0.4, 0.5) is 5.69 Å². The van der Waals surface area contributed by atoms with Crippen LogP contribution < -0.4 is 4.90 Å². The van der Waals surface area contributed by atoms with Crippen LogP contribution in [0.1, 0.15) is 18.9 Å². The first kappa shape index (κ1) is 11.6. The third-order valence-corrected chi connectivity index (χ3v) is 2.72. The molecular formula is C13H14NO3. The lowest BCUT2D eigenvalue weighted by Gasteiger charge is -2.28. The Morgan fingerprint density at radius 2 is 2.35 bits per heavy atom. The average Bonchev–Trinajstić information content (AvgIpc) is 2.33. The van der Waals surface area contributed by atoms with E-state index in [1.807, 2.05) is 12.1 Å². The minimum Gasteiger partial charge on any atom is -0.465 e. The predicted molar refractivity (Wildman–Crippen MR) is 62.6 cm³/mol. The third-order valence-electron chi connectivity index (χ3n) is 2.72. The molecule has 0 unspecified atom stereocenters. The van der Waals surface area contributed by atoms with Crippen molar-refractivity contribution in [1.82, 2.24) is 0 Å². The number of fused-ring (bicyclic) bond motifs is 1. The zero-order valence-electron chi connectivity index (χ0n) is 9.73. The van der Waals surface area contributed by atoms with Crippen LogP contribution in [0.15, 0.2) is 18.2 Å². The van der Waals surface area contributed by atoms with Gasteiger partial charge in [0.1, 0.15) is 6.54 Å². The summed E-state index contributed by atoms with van der Waals surface area (Å²) in [6, 6.07) is 8.42. The second-order valence-corrected chi connectivity index (χ2v) is 3.84. The number of carbonyl (C=O) groups excluding carboxylic acids is 2. The molecule has 0 fully saturated rings. The molecule has 0 aliphatic carbocycles. The molecule has 1 aromatic rings. The average molecular weight is 232 g/mol. The van der Waals surface area contributed by atoms with Crippen molar-refractivity contribution < 1.29 is 14.3 Å². The van der Waals surface area contributed by atoms with E-state index in [1.165, 1.54) is 4.90 Å². The van der Waals surface area contributed by atoms with E-state index in [4.69, 9.17) is 4.74 Å². The Morgan fingerprint density at radius 3 is 3.12 bits per heavy atom. The van der Waals surface area contributed by atoms with Crippen LogP contribution in [0.5, 0.6) is 0 Å². The maximum Gasteiger partial charge on any atom is 0.326 e. The number of carbonyl (C=O) groups is 2. The Balaban J connectivity index is 2.21. The van der Waals surface area contributed by atoms with Gasteiger partial charge in [-0.25, -0.2) is 0 Å². The lowest BCUT2D eigenvalue weighted by Crippen LogP contribution is -2.39. The van der Waals surface area contributed by atoms with Gasteiger partial charge in [-0.15, -0.1) is 0 Å². The van der Waals surface area contributed by atoms with Gasteiger partial charge >= 0.3 is 5.97 Å². The fourth-order valence-corrected chi connectivity index (χ4v) is 1.94. The number of ether oxygens (including phenoxy) is 1. The molecule has 0 atom stereocenters. The number of hydrogen-bond donors (Lipinski definition) is 0. The fraction of sp³-hybridized carbons (Fsp3) is 0.385. The number of aryl methyl sites for hydroxylation is 1. The highest BCUT2D eigenvalue weighted by molar-refractivity contribution is 6.00. The van der Waals surface area contributed by atoms with Gasteiger partial charge in [-0.05, 0) is 31.0 Å². The number of anilines is 1. The highest BCUT2D eigenvalue weighted by atomic mass is 16.5. The second kappa shape index (κ2) is 4.99. The first-order chi connectivity index (χ1) is 8.22. The van der Waals surface area contributed by atoms with E-state index in [0.29, 0.717) is 13.0 Å². The maximum atomic E-state index is 11.8. The van der Waals surface area contributed by atoms with Crippen molar-refractivity contribution in [3.63, 3.8) is 0 Å². The van der Waals surface area contributed by atoms with Gasteiger partial charge in [0.25, 0.3) is 0 Å². The molecule has 17 heavy (non-hydrogen) atoms. The summed E-state index contributed by atoms with van der Waals surface area (Å²) >= 11 is 0. The first-order valence-electron chi connectivity index (χ1n) is 5.67. The summed E-state index contributed by atoms with van der Waals surface area (Å²) in [7, 11) is 0. The van der Waals surface area contributed by atoms with Crippen LogP contribution in [0.3, 0.4) is 0 Å². The third kappa shape index (κ3) is 2.46. The van der Waals surface area contributed by atoms with E-state index in [1.54, 1.807) is 13.0 Å². The standard InChI is InChI=1S/C13H14NO3/c1-2-17-13(16)9-14-11-6-4-3-5-10(11)7-8-12(14)15/h3,5-6H,2,7-9H2,1H3. The van der Waals surface area contributed by atoms with E-state index >= 15 is 0 Å². The highest BCUT2D eigenvalue weighted by Gasteiger charge is 2.25. The van der Waals surface area contributed by atoms with E-state index in [9.17, 15) is 9.59 Å². The van der Waals surface area contributed by atoms with Crippen LogP contribution in [-0.4, -0.2) is 25.0 Å². The molecule has 2 rings (SSSR count). The van der Waals surface area contributed by atoms with E-state index in [-0.39, 0.29) is 18.4 Å². The molecule has 0 saturated carbocycles. The minimum atomic E-state index is -0.377. The molecule has 4 heteroatoms. The zero-order chi connectivity index (χ0) is 12.3. The summed E-state index contributed by atoms with van der Waals surface area (Å²) in [4.78, 5) is 24.7. The normalized spacial score (nSPS) is 14.4. The molecule has 0 bridgehead atoms. The molecule has 1 aliphatic heterocycles. The fourth-order valence-electron chi connectivity index (χ4n) is 1.94. The van der Waals surface area contributed by atoms with Gasteiger partial charge in [0.15, 0.2) is 0 Å². The molecule has 1 amide bonds. The van der Waals surface area contributed by atoms with E-state index in [0.717, 1.165) is 17.7 Å². The Kier molecular flexibility index (Phi) is 3.42. The number of benzene rings is 1. The van der Waals surface area contributed by atoms with Crippen LogP contribution in [-0.2, 0) is 20.7 Å². The Morgan fingerprint density at radius 1 is 1.53 bits per heavy atom. The number of amides is 1. The molecule has 0 N–H and O–H groups in total. The van der Waals surface area contributed by atoms with Gasteiger partial charge in [-0.2, -0.15) is 0 Å². The lowest BCUT2D eigenvalue weighted by molar-refractivity contribution is -0.142. The molecule has 1 heterocycles. The SMILES string of the molecule is CCOC(=O)CN1C(=O)CCc2cc[c]cc21. The largest absolute Gasteiger partial charge is 0.465 e. The monoisotopic (exact) mass is 232 g/mol. The van der Waals surface area contributed by atoms with Gasteiger partial charge in [-0.1, -0.05) is 12.1 Å². The molecule has 89 valence electrons. The van der Waals surface area contributed by atoms with Crippen molar-refractivity contribution >= 4 is 17.6 Å². The smallest absolute Gasteiger partial charge is 0.326 e. The highest BCUT2D eigenvalue weighted by Crippen LogP contribution is 2.26. The van der Waals surface area contributed by atoms with Crippen molar-refractivity contribution in [3.8, 4) is 0 Å². The van der Waals surface area contributed by atoms with Gasteiger partial charge in [0.05, 0.1) is 6.61 Å². The van der Waals surface area contributed by atoms with Gasteiger partial charge in [0, 0.05) is 12.1 Å². The second-order valence-electron chi connectivity index (χ2n) is 3.84. The maximum absolute atomic E-state index is 11.8. The van der Waals surface area contributed by atoms with Crippen molar-refractivity contribution in [1.29, 1.82) is 0 Å². The molecule has 1 radical (unpaired) electrons. The number of rotatable bonds is 3. The Labute approximate surface area is 100 Å². The molecule has 1 aromatic carbocycles. The predicted octanol–water partition coefficient (Wildman–Crippen LogP) is 1.33. The molecule has 0 spiro atoms. The van der Waals surface area contributed by atoms with Gasteiger partial charge < -0.3 is 9.64 Å². The summed E-state index contributed by atoms with van der Waals surface area (Å²) in [5.41, 5.74) is 1.85. The topological polar surface area (TPSA) is 46.6 Å². The molecule has 1 aliphatic rings. The van der Waals surface area contributed by atoms with Crippen molar-refractivity contribution in [2.24, 2.45) is 0 Å². The van der Waals surface area contributed by atoms with Crippen LogP contribution in [0, 0.1) is 6.07 Å². The van der Waals surface area contributed by atoms with Crippen molar-refractivity contribution in [2.75, 3.05) is 18.1 Å². The van der Waals surface area contributed by atoms with Gasteiger partial charge in [0.2, 0.25) is 5.91 Å². The van der Waals surface area contributed by atoms with Crippen molar-refractivity contribution in [3.05, 3.63) is 29.8 Å². The Hall–Kier alpha value is -1.84. The summed E-state index contributed by atoms with van der Waals surface area (Å²) in [6.45, 7) is 2.06. The van der Waals surface area contributed by atoms with E-state index < -0.39 is 0 Å². The molecular weight excluding hydrogens is 218 g/mol. The summed E-state index contributed by atoms with van der Waals surface area (Å²) in [5.74, 6) is -0.414. The van der Waals surface area contributed by atoms with Crippen LogP contribution >= 0.6 is 0 Å².